The maximum atomic E-state index is 13.3. The molecule has 1 heterocycles. The lowest BCUT2D eigenvalue weighted by Gasteiger charge is -2.31. The first-order valence-electron chi connectivity index (χ1n) is 9.04. The van der Waals surface area contributed by atoms with Crippen LogP contribution >= 0.6 is 11.8 Å². The van der Waals surface area contributed by atoms with E-state index in [-0.39, 0.29) is 29.8 Å². The van der Waals surface area contributed by atoms with E-state index < -0.39 is 17.8 Å². The van der Waals surface area contributed by atoms with Gasteiger partial charge in [0.05, 0.1) is 0 Å². The fourth-order valence-electron chi connectivity index (χ4n) is 4.00. The fraction of sp³-hybridized carbons (Fsp3) is 0.722. The largest absolute Gasteiger partial charge is 0.433 e. The SMILES string of the molecule is CS[C@@H]1CCC[C@H](NC(=O)[C@H]2CCc3nc(C)nc(C(F)(F)F)c3C2)C1. The Labute approximate surface area is 155 Å². The number of alkyl halides is 3. The van der Waals surface area contributed by atoms with Gasteiger partial charge in [-0.2, -0.15) is 24.9 Å². The Morgan fingerprint density at radius 1 is 1.23 bits per heavy atom. The highest BCUT2D eigenvalue weighted by Gasteiger charge is 2.40. The van der Waals surface area contributed by atoms with Gasteiger partial charge in [-0.1, -0.05) is 6.42 Å². The van der Waals surface area contributed by atoms with Crippen LogP contribution in [-0.4, -0.2) is 33.4 Å². The number of halogens is 3. The van der Waals surface area contributed by atoms with E-state index in [9.17, 15) is 18.0 Å². The van der Waals surface area contributed by atoms with Gasteiger partial charge >= 0.3 is 6.18 Å². The molecule has 3 rings (SSSR count). The molecule has 4 nitrogen and oxygen atoms in total. The van der Waals surface area contributed by atoms with Crippen LogP contribution in [0.5, 0.6) is 0 Å². The van der Waals surface area contributed by atoms with Crippen LogP contribution in [0.4, 0.5) is 13.2 Å². The average molecular weight is 387 g/mol. The van der Waals surface area contributed by atoms with E-state index in [0.29, 0.717) is 23.8 Å². The number of amides is 1. The summed E-state index contributed by atoms with van der Waals surface area (Å²) in [6.07, 6.45) is 2.66. The highest BCUT2D eigenvalue weighted by molar-refractivity contribution is 7.99. The van der Waals surface area contributed by atoms with Crippen molar-refractivity contribution in [2.75, 3.05) is 6.26 Å². The van der Waals surface area contributed by atoms with E-state index in [2.05, 4.69) is 21.5 Å². The number of aryl methyl sites for hydroxylation is 2. The van der Waals surface area contributed by atoms with E-state index in [1.807, 2.05) is 11.8 Å². The minimum absolute atomic E-state index is 0.0645. The topological polar surface area (TPSA) is 54.9 Å². The van der Waals surface area contributed by atoms with Gasteiger partial charge in [0.1, 0.15) is 5.82 Å². The van der Waals surface area contributed by atoms with E-state index in [1.165, 1.54) is 6.92 Å². The number of hydrogen-bond donors (Lipinski definition) is 1. The molecule has 144 valence electrons. The molecule has 0 spiro atoms. The third-order valence-electron chi connectivity index (χ3n) is 5.33. The molecule has 1 saturated carbocycles. The quantitative estimate of drug-likeness (QED) is 0.859. The Bertz CT molecular complexity index is 680. The predicted molar refractivity (Wildman–Crippen MR) is 95.0 cm³/mol. The number of thioether (sulfide) groups is 1. The first kappa shape index (κ1) is 19.5. The normalized spacial score (nSPS) is 26.3. The number of nitrogens with one attached hydrogen (secondary N) is 1. The highest BCUT2D eigenvalue weighted by Crippen LogP contribution is 2.36. The summed E-state index contributed by atoms with van der Waals surface area (Å²) in [6.45, 7) is 1.47. The highest BCUT2D eigenvalue weighted by atomic mass is 32.2. The van der Waals surface area contributed by atoms with Crippen LogP contribution in [0.3, 0.4) is 0 Å². The Kier molecular flexibility index (Phi) is 5.79. The molecule has 2 aliphatic rings. The van der Waals surface area contributed by atoms with E-state index in [0.717, 1.165) is 25.7 Å². The Morgan fingerprint density at radius 3 is 2.69 bits per heavy atom. The van der Waals surface area contributed by atoms with Gasteiger partial charge in [-0.25, -0.2) is 9.97 Å². The monoisotopic (exact) mass is 387 g/mol. The maximum absolute atomic E-state index is 13.3. The summed E-state index contributed by atoms with van der Waals surface area (Å²) < 4.78 is 40.0. The van der Waals surface area contributed by atoms with Crippen molar-refractivity contribution in [1.82, 2.24) is 15.3 Å². The summed E-state index contributed by atoms with van der Waals surface area (Å²) >= 11 is 1.82. The number of fused-ring (bicyclic) bond motifs is 1. The average Bonchev–Trinajstić information content (AvgIpc) is 2.60. The summed E-state index contributed by atoms with van der Waals surface area (Å²) in [5, 5.41) is 3.63. The Morgan fingerprint density at radius 2 is 2.00 bits per heavy atom. The van der Waals surface area contributed by atoms with Crippen LogP contribution < -0.4 is 5.32 Å². The van der Waals surface area contributed by atoms with Crippen LogP contribution in [0.1, 0.15) is 54.9 Å². The number of aromatic nitrogens is 2. The molecule has 0 unspecified atom stereocenters. The number of rotatable bonds is 3. The molecule has 0 aliphatic heterocycles. The smallest absolute Gasteiger partial charge is 0.353 e. The lowest BCUT2D eigenvalue weighted by Crippen LogP contribution is -2.43. The molecule has 8 heteroatoms. The Hall–Kier alpha value is -1.31. The minimum Gasteiger partial charge on any atom is -0.353 e. The van der Waals surface area contributed by atoms with E-state index >= 15 is 0 Å². The third-order valence-corrected chi connectivity index (χ3v) is 6.42. The first-order chi connectivity index (χ1) is 12.3. The standard InChI is InChI=1S/C18H24F3N3OS/c1-10-22-15-7-6-11(8-14(15)16(23-10)18(19,20)21)17(25)24-12-4-3-5-13(9-12)26-2/h11-13H,3-9H2,1-2H3,(H,24,25)/t11-,12-,13+/m0/s1. The van der Waals surface area contributed by atoms with Gasteiger partial charge < -0.3 is 5.32 Å². The lowest BCUT2D eigenvalue weighted by atomic mass is 9.84. The molecule has 1 amide bonds. The van der Waals surface area contributed by atoms with Crippen molar-refractivity contribution in [3.8, 4) is 0 Å². The molecule has 0 radical (unpaired) electrons. The molecule has 26 heavy (non-hydrogen) atoms. The summed E-state index contributed by atoms with van der Waals surface area (Å²) in [4.78, 5) is 20.4. The summed E-state index contributed by atoms with van der Waals surface area (Å²) in [6, 6.07) is 0.131. The van der Waals surface area contributed by atoms with Crippen molar-refractivity contribution in [2.24, 2.45) is 5.92 Å². The second-order valence-electron chi connectivity index (χ2n) is 7.21. The molecular formula is C18H24F3N3OS. The molecule has 1 N–H and O–H groups in total. The van der Waals surface area contributed by atoms with Crippen molar-refractivity contribution >= 4 is 17.7 Å². The first-order valence-corrected chi connectivity index (χ1v) is 10.3. The molecule has 0 aromatic carbocycles. The van der Waals surface area contributed by atoms with Gasteiger partial charge in [-0.05, 0) is 51.7 Å². The van der Waals surface area contributed by atoms with Crippen LogP contribution in [0.25, 0.3) is 0 Å². The molecular weight excluding hydrogens is 363 g/mol. The molecule has 0 bridgehead atoms. The molecule has 1 aromatic heterocycles. The number of hydrogen-bond acceptors (Lipinski definition) is 4. The van der Waals surface area contributed by atoms with E-state index in [1.54, 1.807) is 0 Å². The van der Waals surface area contributed by atoms with E-state index in [4.69, 9.17) is 0 Å². The van der Waals surface area contributed by atoms with Gasteiger partial charge in [0, 0.05) is 28.5 Å². The summed E-state index contributed by atoms with van der Waals surface area (Å²) in [7, 11) is 0. The summed E-state index contributed by atoms with van der Waals surface area (Å²) in [5.41, 5.74) is -0.341. The van der Waals surface area contributed by atoms with Crippen molar-refractivity contribution < 1.29 is 18.0 Å². The predicted octanol–water partition coefficient (Wildman–Crippen LogP) is 3.70. The second kappa shape index (κ2) is 7.74. The zero-order valence-corrected chi connectivity index (χ0v) is 15.8. The molecule has 1 aromatic rings. The van der Waals surface area contributed by atoms with Gasteiger partial charge in [0.25, 0.3) is 0 Å². The van der Waals surface area contributed by atoms with Crippen LogP contribution in [-0.2, 0) is 23.8 Å². The van der Waals surface area contributed by atoms with Crippen molar-refractivity contribution in [2.45, 2.75) is 69.3 Å². The molecule has 3 atom stereocenters. The van der Waals surface area contributed by atoms with Crippen molar-refractivity contribution in [3.63, 3.8) is 0 Å². The second-order valence-corrected chi connectivity index (χ2v) is 8.35. The number of carbonyl (C=O) groups is 1. The maximum Gasteiger partial charge on any atom is 0.433 e. The zero-order valence-electron chi connectivity index (χ0n) is 15.0. The fourth-order valence-corrected chi connectivity index (χ4v) is 4.83. The molecule has 0 saturated heterocycles. The Balaban J connectivity index is 1.72. The molecule has 2 aliphatic carbocycles. The third kappa shape index (κ3) is 4.32. The van der Waals surface area contributed by atoms with Gasteiger partial charge in [0.2, 0.25) is 5.91 Å². The van der Waals surface area contributed by atoms with Gasteiger partial charge in [0.15, 0.2) is 5.69 Å². The van der Waals surface area contributed by atoms with Crippen molar-refractivity contribution in [3.05, 3.63) is 22.8 Å². The lowest BCUT2D eigenvalue weighted by molar-refractivity contribution is -0.142. The molecule has 1 fully saturated rings. The van der Waals surface area contributed by atoms with Gasteiger partial charge in [-0.15, -0.1) is 0 Å². The van der Waals surface area contributed by atoms with Gasteiger partial charge in [-0.3, -0.25) is 4.79 Å². The van der Waals surface area contributed by atoms with Crippen LogP contribution in [0.15, 0.2) is 0 Å². The number of nitrogens with zero attached hydrogens (tertiary/aromatic N) is 2. The summed E-state index contributed by atoms with van der Waals surface area (Å²) in [5.74, 6) is -0.440. The van der Waals surface area contributed by atoms with Crippen molar-refractivity contribution in [1.29, 1.82) is 0 Å². The number of carbonyl (C=O) groups excluding carboxylic acids is 1. The van der Waals surface area contributed by atoms with Crippen LogP contribution in [0, 0.1) is 12.8 Å². The van der Waals surface area contributed by atoms with Crippen LogP contribution in [0.2, 0.25) is 0 Å². The minimum atomic E-state index is -4.52. The zero-order chi connectivity index (χ0) is 18.9.